The Kier molecular flexibility index (Phi) is 6.10. The molecule has 0 saturated heterocycles. The van der Waals surface area contributed by atoms with Gasteiger partial charge in [0, 0.05) is 11.9 Å². The first kappa shape index (κ1) is 14.9. The fraction of sp³-hybridized carbons (Fsp3) is 0.500. The number of hydrogen-bond donors (Lipinski definition) is 3. The van der Waals surface area contributed by atoms with Gasteiger partial charge in [-0.1, -0.05) is 0 Å². The molecule has 0 aliphatic carbocycles. The normalized spacial score (nSPS) is 12.1. The van der Waals surface area contributed by atoms with Gasteiger partial charge in [0.05, 0.1) is 0 Å². The van der Waals surface area contributed by atoms with Gasteiger partial charge in [-0.15, -0.1) is 11.3 Å². The molecule has 0 aromatic carbocycles. The molecule has 1 atom stereocenters. The lowest BCUT2D eigenvalue weighted by molar-refractivity contribution is -0.139. The fourth-order valence-electron chi connectivity index (χ4n) is 1.23. The number of hydrogen-bond acceptors (Lipinski definition) is 6. The zero-order valence-corrected chi connectivity index (χ0v) is 11.5. The van der Waals surface area contributed by atoms with E-state index in [2.05, 4.69) is 10.3 Å². The maximum Gasteiger partial charge on any atom is 0.326 e. The number of rotatable bonds is 7. The number of thiazole rings is 1. The molecule has 6 nitrogen and oxygen atoms in total. The molecular formula is C10H15N3O3S2. The summed E-state index contributed by atoms with van der Waals surface area (Å²) in [6.07, 6.45) is 2.27. The molecule has 0 fully saturated rings. The van der Waals surface area contributed by atoms with E-state index >= 15 is 0 Å². The Morgan fingerprint density at radius 2 is 2.39 bits per heavy atom. The minimum Gasteiger partial charge on any atom is -0.480 e. The van der Waals surface area contributed by atoms with Crippen molar-refractivity contribution in [3.63, 3.8) is 0 Å². The average Bonchev–Trinajstić information content (AvgIpc) is 2.82. The Hall–Kier alpha value is -1.12. The van der Waals surface area contributed by atoms with Crippen molar-refractivity contribution in [2.45, 2.75) is 19.0 Å². The van der Waals surface area contributed by atoms with Gasteiger partial charge in [0.15, 0.2) is 0 Å². The predicted octanol–water partition coefficient (Wildman–Crippen LogP) is 0.538. The minimum absolute atomic E-state index is 0.218. The summed E-state index contributed by atoms with van der Waals surface area (Å²) in [7, 11) is 0. The van der Waals surface area contributed by atoms with Crippen LogP contribution in [0.15, 0.2) is 5.38 Å². The largest absolute Gasteiger partial charge is 0.480 e. The van der Waals surface area contributed by atoms with E-state index in [1.54, 1.807) is 5.38 Å². The summed E-state index contributed by atoms with van der Waals surface area (Å²) in [5, 5.41) is 13.7. The molecule has 0 saturated carbocycles. The van der Waals surface area contributed by atoms with Crippen LogP contribution in [0.2, 0.25) is 0 Å². The highest BCUT2D eigenvalue weighted by Crippen LogP contribution is 2.09. The molecule has 100 valence electrons. The second kappa shape index (κ2) is 7.34. The summed E-state index contributed by atoms with van der Waals surface area (Å²) < 4.78 is 0. The molecule has 0 spiro atoms. The summed E-state index contributed by atoms with van der Waals surface area (Å²) in [5.74, 6) is -0.839. The van der Waals surface area contributed by atoms with E-state index in [1.807, 2.05) is 6.26 Å². The Morgan fingerprint density at radius 3 is 2.89 bits per heavy atom. The van der Waals surface area contributed by atoms with Crippen LogP contribution in [0.5, 0.6) is 0 Å². The van der Waals surface area contributed by atoms with Crippen molar-refractivity contribution in [1.82, 2.24) is 10.3 Å². The highest BCUT2D eigenvalue weighted by Gasteiger charge is 2.21. The van der Waals surface area contributed by atoms with Gasteiger partial charge in [0.1, 0.15) is 16.7 Å². The van der Waals surface area contributed by atoms with Crippen molar-refractivity contribution in [2.75, 3.05) is 12.0 Å². The van der Waals surface area contributed by atoms with Crippen LogP contribution in [0.4, 0.5) is 0 Å². The van der Waals surface area contributed by atoms with Crippen molar-refractivity contribution >= 4 is 35.0 Å². The van der Waals surface area contributed by atoms with E-state index in [1.165, 1.54) is 23.1 Å². The van der Waals surface area contributed by atoms with Crippen molar-refractivity contribution in [1.29, 1.82) is 0 Å². The third-order valence-electron chi connectivity index (χ3n) is 2.17. The van der Waals surface area contributed by atoms with Crippen LogP contribution < -0.4 is 11.1 Å². The number of nitrogens with two attached hydrogens (primary N) is 1. The lowest BCUT2D eigenvalue weighted by atomic mass is 10.2. The molecule has 0 radical (unpaired) electrons. The molecule has 8 heteroatoms. The molecule has 1 aromatic heterocycles. The Bertz CT molecular complexity index is 422. The topological polar surface area (TPSA) is 105 Å². The molecule has 1 amide bonds. The number of nitrogens with zero attached hydrogens (tertiary/aromatic N) is 1. The standard InChI is InChI=1S/C10H15N3O3S2/c1-17-3-2-6(10(15)16)13-9(14)7-5-18-8(4-11)12-7/h5-6H,2-4,11H2,1H3,(H,13,14)(H,15,16). The van der Waals surface area contributed by atoms with Gasteiger partial charge < -0.3 is 16.2 Å². The number of carbonyl (C=O) groups excluding carboxylic acids is 1. The zero-order valence-electron chi connectivity index (χ0n) is 9.88. The second-order valence-corrected chi connectivity index (χ2v) is 5.40. The monoisotopic (exact) mass is 289 g/mol. The van der Waals surface area contributed by atoms with Crippen LogP contribution in [0.3, 0.4) is 0 Å². The highest BCUT2D eigenvalue weighted by molar-refractivity contribution is 7.98. The second-order valence-electron chi connectivity index (χ2n) is 3.48. The third-order valence-corrected chi connectivity index (χ3v) is 3.69. The van der Waals surface area contributed by atoms with E-state index < -0.39 is 17.9 Å². The summed E-state index contributed by atoms with van der Waals surface area (Å²) >= 11 is 2.82. The van der Waals surface area contributed by atoms with Gasteiger partial charge in [0.25, 0.3) is 5.91 Å². The summed E-state index contributed by atoms with van der Waals surface area (Å²) in [6, 6.07) is -0.882. The van der Waals surface area contributed by atoms with Crippen molar-refractivity contribution < 1.29 is 14.7 Å². The van der Waals surface area contributed by atoms with E-state index in [0.717, 1.165) is 0 Å². The molecule has 0 aliphatic rings. The van der Waals surface area contributed by atoms with Crippen molar-refractivity contribution in [3.8, 4) is 0 Å². The van der Waals surface area contributed by atoms with Gasteiger partial charge in [-0.25, -0.2) is 9.78 Å². The molecule has 1 aromatic rings. The first-order valence-electron chi connectivity index (χ1n) is 5.25. The van der Waals surface area contributed by atoms with E-state index in [9.17, 15) is 9.59 Å². The summed E-state index contributed by atoms with van der Waals surface area (Å²) in [5.41, 5.74) is 5.62. The first-order valence-corrected chi connectivity index (χ1v) is 7.53. The SMILES string of the molecule is CSCCC(NC(=O)c1csc(CN)n1)C(=O)O. The first-order chi connectivity index (χ1) is 8.58. The van der Waals surface area contributed by atoms with Crippen molar-refractivity contribution in [3.05, 3.63) is 16.1 Å². The highest BCUT2D eigenvalue weighted by atomic mass is 32.2. The average molecular weight is 289 g/mol. The van der Waals surface area contributed by atoms with Gasteiger partial charge in [-0.05, 0) is 18.4 Å². The maximum atomic E-state index is 11.8. The lowest BCUT2D eigenvalue weighted by Crippen LogP contribution is -2.41. The molecule has 18 heavy (non-hydrogen) atoms. The molecule has 4 N–H and O–H groups in total. The molecular weight excluding hydrogens is 274 g/mol. The molecule has 1 rings (SSSR count). The number of thioether (sulfide) groups is 1. The van der Waals surface area contributed by atoms with Gasteiger partial charge in [0.2, 0.25) is 0 Å². The Morgan fingerprint density at radius 1 is 1.67 bits per heavy atom. The van der Waals surface area contributed by atoms with E-state index in [0.29, 0.717) is 17.2 Å². The Balaban J connectivity index is 2.62. The summed E-state index contributed by atoms with van der Waals surface area (Å²) in [4.78, 5) is 26.8. The third kappa shape index (κ3) is 4.28. The predicted molar refractivity (Wildman–Crippen MR) is 71.9 cm³/mol. The van der Waals surface area contributed by atoms with Crippen LogP contribution in [0.25, 0.3) is 0 Å². The number of nitrogens with one attached hydrogen (secondary N) is 1. The lowest BCUT2D eigenvalue weighted by Gasteiger charge is -2.12. The fourth-order valence-corrected chi connectivity index (χ4v) is 2.36. The van der Waals surface area contributed by atoms with Crippen LogP contribution in [0.1, 0.15) is 21.9 Å². The quantitative estimate of drug-likeness (QED) is 0.676. The van der Waals surface area contributed by atoms with Crippen LogP contribution in [0, 0.1) is 0 Å². The summed E-state index contributed by atoms with van der Waals surface area (Å²) in [6.45, 7) is 0.271. The number of aromatic nitrogens is 1. The van der Waals surface area contributed by atoms with Crippen molar-refractivity contribution in [2.24, 2.45) is 5.73 Å². The van der Waals surface area contributed by atoms with E-state index in [-0.39, 0.29) is 12.2 Å². The van der Waals surface area contributed by atoms with Crippen LogP contribution >= 0.6 is 23.1 Å². The molecule has 1 unspecified atom stereocenters. The van der Waals surface area contributed by atoms with Gasteiger partial charge in [-0.3, -0.25) is 4.79 Å². The van der Waals surface area contributed by atoms with Crippen LogP contribution in [-0.2, 0) is 11.3 Å². The number of amides is 1. The maximum absolute atomic E-state index is 11.8. The van der Waals surface area contributed by atoms with Crippen LogP contribution in [-0.4, -0.2) is 40.0 Å². The van der Waals surface area contributed by atoms with E-state index in [4.69, 9.17) is 10.8 Å². The number of aliphatic carboxylic acids is 1. The number of carbonyl (C=O) groups is 2. The van der Waals surface area contributed by atoms with Gasteiger partial charge in [-0.2, -0.15) is 11.8 Å². The molecule has 0 aliphatic heterocycles. The number of carboxylic acid groups (broad SMARTS) is 1. The molecule has 1 heterocycles. The Labute approximate surface area is 113 Å². The number of carboxylic acids is 1. The minimum atomic E-state index is -1.04. The van der Waals surface area contributed by atoms with Gasteiger partial charge >= 0.3 is 5.97 Å². The molecule has 0 bridgehead atoms. The zero-order chi connectivity index (χ0) is 13.5. The smallest absolute Gasteiger partial charge is 0.326 e.